The Labute approximate surface area is 106 Å². The van der Waals surface area contributed by atoms with Crippen molar-refractivity contribution in [1.82, 2.24) is 4.98 Å². The first kappa shape index (κ1) is 11.1. The van der Waals surface area contributed by atoms with E-state index in [-0.39, 0.29) is 0 Å². The number of aromatic amines is 1. The van der Waals surface area contributed by atoms with Crippen LogP contribution in [0.25, 0.3) is 11.6 Å². The lowest BCUT2D eigenvalue weighted by Crippen LogP contribution is -2.12. The van der Waals surface area contributed by atoms with Gasteiger partial charge < -0.3 is 15.4 Å². The Hall–Kier alpha value is -2.00. The molecule has 1 aliphatic rings. The van der Waals surface area contributed by atoms with Crippen molar-refractivity contribution in [3.05, 3.63) is 52.8 Å². The van der Waals surface area contributed by atoms with Crippen LogP contribution in [0, 0.1) is 13.8 Å². The summed E-state index contributed by atoms with van der Waals surface area (Å²) in [7, 11) is 0. The van der Waals surface area contributed by atoms with E-state index < -0.39 is 6.23 Å². The number of aromatic nitrogens is 1. The highest BCUT2D eigenvalue weighted by molar-refractivity contribution is 5.93. The molecule has 0 spiro atoms. The molecule has 0 saturated carbocycles. The maximum atomic E-state index is 10.1. The number of aliphatic hydroxyl groups is 1. The molecule has 3 rings (SSSR count). The molecule has 3 N–H and O–H groups in total. The smallest absolute Gasteiger partial charge is 0.151 e. The first-order valence-electron chi connectivity index (χ1n) is 6.07. The lowest BCUT2D eigenvalue weighted by molar-refractivity contribution is 0.266. The van der Waals surface area contributed by atoms with Crippen LogP contribution in [-0.2, 0) is 0 Å². The molecule has 0 amide bonds. The van der Waals surface area contributed by atoms with E-state index in [0.717, 1.165) is 22.5 Å². The van der Waals surface area contributed by atoms with E-state index >= 15 is 0 Å². The van der Waals surface area contributed by atoms with Crippen LogP contribution in [0.5, 0.6) is 0 Å². The largest absolute Gasteiger partial charge is 0.369 e. The summed E-state index contributed by atoms with van der Waals surface area (Å²) in [6.45, 7) is 4.16. The molecule has 92 valence electrons. The van der Waals surface area contributed by atoms with Crippen molar-refractivity contribution in [2.45, 2.75) is 20.1 Å². The molecule has 18 heavy (non-hydrogen) atoms. The highest BCUT2D eigenvalue weighted by Crippen LogP contribution is 2.35. The van der Waals surface area contributed by atoms with Crippen molar-refractivity contribution in [1.29, 1.82) is 0 Å². The van der Waals surface area contributed by atoms with Crippen molar-refractivity contribution in [2.24, 2.45) is 0 Å². The summed E-state index contributed by atoms with van der Waals surface area (Å²) < 4.78 is 0. The number of para-hydroxylation sites is 1. The molecule has 1 unspecified atom stereocenters. The first-order valence-corrected chi connectivity index (χ1v) is 6.07. The number of H-pyrrole nitrogens is 1. The molecule has 1 aromatic carbocycles. The van der Waals surface area contributed by atoms with Gasteiger partial charge in [-0.3, -0.25) is 0 Å². The highest BCUT2D eigenvalue weighted by atomic mass is 16.3. The second-order valence-corrected chi connectivity index (χ2v) is 4.70. The Kier molecular flexibility index (Phi) is 2.49. The molecule has 2 heterocycles. The quantitative estimate of drug-likeness (QED) is 0.717. The van der Waals surface area contributed by atoms with E-state index in [4.69, 9.17) is 0 Å². The van der Waals surface area contributed by atoms with Gasteiger partial charge in [0.2, 0.25) is 0 Å². The maximum Gasteiger partial charge on any atom is 0.151 e. The molecule has 1 atom stereocenters. The number of fused-ring (bicyclic) bond motifs is 1. The molecule has 0 aliphatic carbocycles. The van der Waals surface area contributed by atoms with Crippen LogP contribution < -0.4 is 5.32 Å². The van der Waals surface area contributed by atoms with E-state index in [9.17, 15) is 5.11 Å². The monoisotopic (exact) mass is 240 g/mol. The Morgan fingerprint density at radius 2 is 2.00 bits per heavy atom. The fraction of sp³-hybridized carbons (Fsp3) is 0.200. The summed E-state index contributed by atoms with van der Waals surface area (Å²) in [5, 5.41) is 13.1. The lowest BCUT2D eigenvalue weighted by Gasteiger charge is -2.05. The Balaban J connectivity index is 2.10. The van der Waals surface area contributed by atoms with Gasteiger partial charge in [-0.1, -0.05) is 18.2 Å². The van der Waals surface area contributed by atoms with Crippen LogP contribution in [0.3, 0.4) is 0 Å². The predicted octanol–water partition coefficient (Wildman–Crippen LogP) is 2.92. The number of hydrogen-bond donors (Lipinski definition) is 3. The number of aryl methyl sites for hydroxylation is 1. The summed E-state index contributed by atoms with van der Waals surface area (Å²) in [5.41, 5.74) is 6.47. The number of benzene rings is 1. The van der Waals surface area contributed by atoms with Crippen molar-refractivity contribution in [3.8, 4) is 0 Å². The summed E-state index contributed by atoms with van der Waals surface area (Å²) in [6.07, 6.45) is 3.37. The van der Waals surface area contributed by atoms with Crippen LogP contribution in [0.4, 0.5) is 5.69 Å². The van der Waals surface area contributed by atoms with E-state index in [1.54, 1.807) is 0 Å². The molecule has 2 aromatic rings. The van der Waals surface area contributed by atoms with Gasteiger partial charge in [0.25, 0.3) is 0 Å². The minimum atomic E-state index is -0.634. The van der Waals surface area contributed by atoms with Gasteiger partial charge >= 0.3 is 0 Å². The molecule has 1 aliphatic heterocycles. The third kappa shape index (κ3) is 1.64. The van der Waals surface area contributed by atoms with Crippen LogP contribution in [0.2, 0.25) is 0 Å². The van der Waals surface area contributed by atoms with Crippen LogP contribution in [0.1, 0.15) is 22.4 Å². The second kappa shape index (κ2) is 4.03. The molecule has 0 radical (unpaired) electrons. The van der Waals surface area contributed by atoms with Gasteiger partial charge in [-0.15, -0.1) is 0 Å². The van der Waals surface area contributed by atoms with Gasteiger partial charge in [-0.25, -0.2) is 0 Å². The molecule has 1 aromatic heterocycles. The average molecular weight is 240 g/mol. The predicted molar refractivity (Wildman–Crippen MR) is 74.2 cm³/mol. The third-order valence-electron chi connectivity index (χ3n) is 3.56. The molecule has 0 bridgehead atoms. The first-order chi connectivity index (χ1) is 8.66. The molecule has 3 heteroatoms. The zero-order chi connectivity index (χ0) is 12.7. The number of hydrogen-bond acceptors (Lipinski definition) is 2. The van der Waals surface area contributed by atoms with Gasteiger partial charge in [-0.2, -0.15) is 0 Å². The van der Waals surface area contributed by atoms with Crippen molar-refractivity contribution in [3.63, 3.8) is 0 Å². The molecule has 3 nitrogen and oxygen atoms in total. The summed E-state index contributed by atoms with van der Waals surface area (Å²) >= 11 is 0. The van der Waals surface area contributed by atoms with Gasteiger partial charge in [-0.05, 0) is 37.1 Å². The van der Waals surface area contributed by atoms with E-state index in [1.807, 2.05) is 36.5 Å². The standard InChI is InChI=1S/C15H16N2O/c1-9-8-16-14(10(9)2)7-12-11-5-3-4-6-13(11)17-15(12)18/h3-8,15-18H,1-2H3/b12-7-. The van der Waals surface area contributed by atoms with E-state index in [2.05, 4.69) is 24.1 Å². The minimum Gasteiger partial charge on any atom is -0.369 e. The lowest BCUT2D eigenvalue weighted by atomic mass is 10.0. The SMILES string of the molecule is Cc1c[nH]c(/C=C2/c3ccccc3NC2O)c1C. The van der Waals surface area contributed by atoms with E-state index in [1.165, 1.54) is 11.1 Å². The summed E-state index contributed by atoms with van der Waals surface area (Å²) in [5.74, 6) is 0. The minimum absolute atomic E-state index is 0.634. The van der Waals surface area contributed by atoms with Crippen molar-refractivity contribution >= 4 is 17.3 Å². The summed E-state index contributed by atoms with van der Waals surface area (Å²) in [4.78, 5) is 3.24. The van der Waals surface area contributed by atoms with Crippen molar-refractivity contribution in [2.75, 3.05) is 5.32 Å². The number of anilines is 1. The number of aliphatic hydroxyl groups excluding tert-OH is 1. The molecule has 0 saturated heterocycles. The van der Waals surface area contributed by atoms with Crippen LogP contribution in [0.15, 0.2) is 30.5 Å². The third-order valence-corrected chi connectivity index (χ3v) is 3.56. The van der Waals surface area contributed by atoms with Crippen LogP contribution in [-0.4, -0.2) is 16.3 Å². The zero-order valence-electron chi connectivity index (χ0n) is 10.5. The topological polar surface area (TPSA) is 48.0 Å². The molecule has 0 fully saturated rings. The molecular formula is C15H16N2O. The van der Waals surface area contributed by atoms with Gasteiger partial charge in [0.15, 0.2) is 6.23 Å². The normalized spacial score (nSPS) is 19.9. The average Bonchev–Trinajstić information content (AvgIpc) is 2.85. The summed E-state index contributed by atoms with van der Waals surface area (Å²) in [6, 6.07) is 7.95. The van der Waals surface area contributed by atoms with Crippen molar-refractivity contribution < 1.29 is 5.11 Å². The Morgan fingerprint density at radius 1 is 1.22 bits per heavy atom. The fourth-order valence-electron chi connectivity index (χ4n) is 2.31. The van der Waals surface area contributed by atoms with E-state index in [0.29, 0.717) is 0 Å². The maximum absolute atomic E-state index is 10.1. The van der Waals surface area contributed by atoms with Gasteiger partial charge in [0.05, 0.1) is 0 Å². The zero-order valence-corrected chi connectivity index (χ0v) is 10.5. The number of nitrogens with one attached hydrogen (secondary N) is 2. The Morgan fingerprint density at radius 3 is 2.72 bits per heavy atom. The Bertz CT molecular complexity index is 625. The van der Waals surface area contributed by atoms with Crippen LogP contribution >= 0.6 is 0 Å². The highest BCUT2D eigenvalue weighted by Gasteiger charge is 2.23. The fourth-order valence-corrected chi connectivity index (χ4v) is 2.31. The van der Waals surface area contributed by atoms with Gasteiger partial charge in [0, 0.05) is 28.7 Å². The molecular weight excluding hydrogens is 224 g/mol. The van der Waals surface area contributed by atoms with Gasteiger partial charge in [0.1, 0.15) is 0 Å². The number of rotatable bonds is 1. The second-order valence-electron chi connectivity index (χ2n) is 4.70.